The number of amides is 2. The Labute approximate surface area is 282 Å². The summed E-state index contributed by atoms with van der Waals surface area (Å²) < 4.78 is 23.8. The van der Waals surface area contributed by atoms with Crippen LogP contribution in [0.15, 0.2) is 79.9 Å². The highest BCUT2D eigenvalue weighted by molar-refractivity contribution is 9.11. The van der Waals surface area contributed by atoms with Crippen LogP contribution < -0.4 is 30.3 Å². The van der Waals surface area contributed by atoms with Gasteiger partial charge in [0.15, 0.2) is 17.7 Å². The number of allylic oxidation sites excluding steroid dienone is 1. The summed E-state index contributed by atoms with van der Waals surface area (Å²) in [5, 5.41) is 20.5. The minimum atomic E-state index is -1.15. The molecule has 0 unspecified atom stereocenters. The van der Waals surface area contributed by atoms with Crippen LogP contribution in [-0.4, -0.2) is 49.9 Å². The maximum Gasteiger partial charge on any atom is 0.337 e. The number of aliphatic hydroxyl groups excluding tert-OH is 1. The average molecular weight is 767 g/mol. The van der Waals surface area contributed by atoms with Crippen molar-refractivity contribution in [3.05, 3.63) is 96.5 Å². The SMILES string of the molecule is CCOc1cc([C@@H]2NC(=O)NC(C)=C2C(=O)OC)ccc1OC[C@H](O)N/N=C\c1cc(Br)c(OCc2ccccc2Cl)c(Br)c1. The molecule has 11 nitrogen and oxygen atoms in total. The Hall–Kier alpha value is -3.78. The van der Waals surface area contributed by atoms with E-state index in [1.807, 2.05) is 43.3 Å². The number of carbonyl (C=O) groups excluding carboxylic acids is 2. The molecule has 1 heterocycles. The Morgan fingerprint density at radius 3 is 2.53 bits per heavy atom. The second kappa shape index (κ2) is 16.0. The van der Waals surface area contributed by atoms with Crippen LogP contribution in [0.2, 0.25) is 5.02 Å². The summed E-state index contributed by atoms with van der Waals surface area (Å²) in [6, 6.07) is 14.9. The molecule has 0 saturated carbocycles. The van der Waals surface area contributed by atoms with Gasteiger partial charge in [-0.3, -0.25) is 5.43 Å². The lowest BCUT2D eigenvalue weighted by Gasteiger charge is -2.28. The van der Waals surface area contributed by atoms with Gasteiger partial charge in [0.2, 0.25) is 0 Å². The molecule has 0 fully saturated rings. The number of rotatable bonds is 13. The van der Waals surface area contributed by atoms with Crippen molar-refractivity contribution in [2.75, 3.05) is 20.3 Å². The van der Waals surface area contributed by atoms with Crippen molar-refractivity contribution in [1.29, 1.82) is 0 Å². The van der Waals surface area contributed by atoms with Gasteiger partial charge in [-0.1, -0.05) is 35.9 Å². The van der Waals surface area contributed by atoms with Gasteiger partial charge in [0.1, 0.15) is 19.0 Å². The molecule has 0 spiro atoms. The third kappa shape index (κ3) is 8.91. The number of esters is 1. The topological polar surface area (TPSA) is 140 Å². The predicted molar refractivity (Wildman–Crippen MR) is 177 cm³/mol. The van der Waals surface area contributed by atoms with E-state index in [0.29, 0.717) is 55.7 Å². The highest BCUT2D eigenvalue weighted by atomic mass is 79.9. The third-order valence-corrected chi connectivity index (χ3v) is 8.01. The molecule has 14 heteroatoms. The lowest BCUT2D eigenvalue weighted by atomic mass is 9.95. The number of nitrogens with one attached hydrogen (secondary N) is 3. The Morgan fingerprint density at radius 1 is 1.11 bits per heavy atom. The van der Waals surface area contributed by atoms with Crippen molar-refractivity contribution >= 4 is 61.7 Å². The number of methoxy groups -OCH3 is 1. The molecule has 3 aromatic rings. The molecule has 2 atom stereocenters. The van der Waals surface area contributed by atoms with E-state index in [1.165, 1.54) is 7.11 Å². The number of benzene rings is 3. The molecular weight excluding hydrogens is 736 g/mol. The Bertz CT molecular complexity index is 1600. The monoisotopic (exact) mass is 764 g/mol. The first-order valence-corrected chi connectivity index (χ1v) is 15.7. The summed E-state index contributed by atoms with van der Waals surface area (Å²) in [6.07, 6.45) is 0.388. The van der Waals surface area contributed by atoms with Crippen LogP contribution in [-0.2, 0) is 16.1 Å². The van der Waals surface area contributed by atoms with E-state index >= 15 is 0 Å². The first-order chi connectivity index (χ1) is 21.6. The molecule has 2 amide bonds. The first kappa shape index (κ1) is 34.1. The smallest absolute Gasteiger partial charge is 0.337 e. The van der Waals surface area contributed by atoms with Crippen LogP contribution in [0, 0.1) is 0 Å². The minimum absolute atomic E-state index is 0.157. The van der Waals surface area contributed by atoms with Gasteiger partial charge in [0.05, 0.1) is 40.5 Å². The second-order valence-electron chi connectivity index (χ2n) is 9.61. The van der Waals surface area contributed by atoms with Gasteiger partial charge < -0.3 is 34.7 Å². The fourth-order valence-corrected chi connectivity index (χ4v) is 6.02. The van der Waals surface area contributed by atoms with Crippen molar-refractivity contribution in [3.8, 4) is 17.2 Å². The van der Waals surface area contributed by atoms with Crippen LogP contribution in [0.25, 0.3) is 0 Å². The van der Waals surface area contributed by atoms with Gasteiger partial charge in [0.25, 0.3) is 0 Å². The normalized spacial score (nSPS) is 15.3. The van der Waals surface area contributed by atoms with Crippen LogP contribution in [0.1, 0.15) is 36.6 Å². The fraction of sp³-hybridized carbons (Fsp3) is 0.258. The molecule has 0 saturated heterocycles. The quantitative estimate of drug-likeness (QED) is 0.0724. The molecule has 0 bridgehead atoms. The molecule has 238 valence electrons. The molecule has 3 aromatic carbocycles. The molecule has 0 aromatic heterocycles. The van der Waals surface area contributed by atoms with Gasteiger partial charge in [-0.15, -0.1) is 0 Å². The van der Waals surface area contributed by atoms with E-state index in [1.54, 1.807) is 31.3 Å². The van der Waals surface area contributed by atoms with E-state index < -0.39 is 24.3 Å². The average Bonchev–Trinajstić information content (AvgIpc) is 3.00. The van der Waals surface area contributed by atoms with Gasteiger partial charge in [-0.25, -0.2) is 9.59 Å². The molecule has 1 aliphatic rings. The molecule has 0 aliphatic carbocycles. The van der Waals surface area contributed by atoms with Crippen molar-refractivity contribution in [2.24, 2.45) is 5.10 Å². The Balaban J connectivity index is 1.37. The number of hydrogen-bond acceptors (Lipinski definition) is 9. The molecule has 45 heavy (non-hydrogen) atoms. The Morgan fingerprint density at radius 2 is 1.84 bits per heavy atom. The molecule has 1 aliphatic heterocycles. The largest absolute Gasteiger partial charge is 0.490 e. The number of carbonyl (C=O) groups is 2. The van der Waals surface area contributed by atoms with E-state index in [4.69, 9.17) is 30.5 Å². The van der Waals surface area contributed by atoms with Crippen LogP contribution in [0.4, 0.5) is 4.79 Å². The Kier molecular flexibility index (Phi) is 12.1. The van der Waals surface area contributed by atoms with E-state index in [9.17, 15) is 14.7 Å². The number of aliphatic hydroxyl groups is 1. The highest BCUT2D eigenvalue weighted by Crippen LogP contribution is 2.36. The first-order valence-electron chi connectivity index (χ1n) is 13.7. The number of hydrogen-bond donors (Lipinski definition) is 4. The summed E-state index contributed by atoms with van der Waals surface area (Å²) in [4.78, 5) is 24.6. The van der Waals surface area contributed by atoms with Gasteiger partial charge in [-0.2, -0.15) is 5.10 Å². The predicted octanol–water partition coefficient (Wildman–Crippen LogP) is 5.96. The summed E-state index contributed by atoms with van der Waals surface area (Å²) in [5.41, 5.74) is 5.46. The zero-order valence-corrected chi connectivity index (χ0v) is 28.5. The van der Waals surface area contributed by atoms with E-state index in [0.717, 1.165) is 11.1 Å². The van der Waals surface area contributed by atoms with Gasteiger partial charge in [0, 0.05) is 16.3 Å². The number of nitrogens with zero attached hydrogens (tertiary/aromatic N) is 1. The van der Waals surface area contributed by atoms with Crippen molar-refractivity contribution < 1.29 is 33.6 Å². The van der Waals surface area contributed by atoms with Crippen LogP contribution >= 0.6 is 43.5 Å². The second-order valence-corrected chi connectivity index (χ2v) is 11.7. The zero-order valence-electron chi connectivity index (χ0n) is 24.5. The molecular formula is C31H31Br2ClN4O7. The number of halogens is 3. The lowest BCUT2D eigenvalue weighted by molar-refractivity contribution is -0.136. The summed E-state index contributed by atoms with van der Waals surface area (Å²) >= 11 is 13.3. The van der Waals surface area contributed by atoms with E-state index in [2.05, 4.69) is 53.0 Å². The van der Waals surface area contributed by atoms with Gasteiger partial charge >= 0.3 is 12.0 Å². The minimum Gasteiger partial charge on any atom is -0.490 e. The maximum atomic E-state index is 12.4. The molecule has 4 N–H and O–H groups in total. The van der Waals surface area contributed by atoms with E-state index in [-0.39, 0.29) is 12.2 Å². The summed E-state index contributed by atoms with van der Waals surface area (Å²) in [5.74, 6) is 0.758. The number of ether oxygens (including phenoxy) is 4. The third-order valence-electron chi connectivity index (χ3n) is 6.46. The van der Waals surface area contributed by atoms with Crippen LogP contribution in [0.5, 0.6) is 17.2 Å². The highest BCUT2D eigenvalue weighted by Gasteiger charge is 2.32. The van der Waals surface area contributed by atoms with Crippen molar-refractivity contribution in [2.45, 2.75) is 32.7 Å². The standard InChI is InChI=1S/C31H31Br2ClN4O7/c1-4-43-25-13-19(28-27(30(40)42-3)17(2)36-31(41)37-28)9-10-24(25)44-16-26(39)38-35-14-18-11-21(32)29(22(33)12-18)45-15-20-7-5-6-8-23(20)34/h5-14,26,28,38-39H,4,15-16H2,1-3H3,(H2,36,37,41)/b35-14-/t26-,28-/m0/s1. The fourth-order valence-electron chi connectivity index (χ4n) is 4.38. The van der Waals surface area contributed by atoms with Crippen molar-refractivity contribution in [3.63, 3.8) is 0 Å². The zero-order chi connectivity index (χ0) is 32.5. The summed E-state index contributed by atoms with van der Waals surface area (Å²) in [6.45, 7) is 3.91. The number of hydrazone groups is 1. The molecule has 0 radical (unpaired) electrons. The summed E-state index contributed by atoms with van der Waals surface area (Å²) in [7, 11) is 1.27. The maximum absolute atomic E-state index is 12.4. The van der Waals surface area contributed by atoms with Crippen LogP contribution in [0.3, 0.4) is 0 Å². The van der Waals surface area contributed by atoms with Crippen molar-refractivity contribution in [1.82, 2.24) is 16.1 Å². The van der Waals surface area contributed by atoms with Gasteiger partial charge in [-0.05, 0) is 87.2 Å². The molecule has 4 rings (SSSR count). The lowest BCUT2D eigenvalue weighted by Crippen LogP contribution is -2.45. The number of urea groups is 1.